The summed E-state index contributed by atoms with van der Waals surface area (Å²) in [5, 5.41) is 31.0. The van der Waals surface area contributed by atoms with Crippen LogP contribution in [0.15, 0.2) is 72.4 Å². The first-order chi connectivity index (χ1) is 21.6. The van der Waals surface area contributed by atoms with Gasteiger partial charge in [-0.1, -0.05) is 67.7 Å². The molecule has 10 unspecified atom stereocenters. The average molecular weight is 637 g/mol. The Morgan fingerprint density at radius 2 is 1.71 bits per heavy atom. The van der Waals surface area contributed by atoms with Crippen LogP contribution in [-0.4, -0.2) is 98.1 Å². The second kappa shape index (κ2) is 20.6. The van der Waals surface area contributed by atoms with Crippen molar-refractivity contribution in [2.75, 3.05) is 21.3 Å². The Bertz CT molecular complexity index is 1050. The topological polar surface area (TPSA) is 142 Å². The molecule has 10 atom stereocenters. The lowest BCUT2D eigenvalue weighted by atomic mass is 9.91. The summed E-state index contributed by atoms with van der Waals surface area (Å²) < 4.78 is 33.8. The molecule has 1 fully saturated rings. The van der Waals surface area contributed by atoms with Crippen molar-refractivity contribution >= 4 is 5.97 Å². The molecule has 2 aliphatic heterocycles. The first-order valence-electron chi connectivity index (χ1n) is 15.3. The predicted octanol–water partition coefficient (Wildman–Crippen LogP) is 4.57. The van der Waals surface area contributed by atoms with Crippen molar-refractivity contribution in [3.8, 4) is 0 Å². The van der Waals surface area contributed by atoms with Crippen molar-refractivity contribution in [2.45, 2.75) is 108 Å². The quantitative estimate of drug-likeness (QED) is 0.142. The van der Waals surface area contributed by atoms with E-state index >= 15 is 0 Å². The van der Waals surface area contributed by atoms with Crippen LogP contribution in [0.2, 0.25) is 0 Å². The van der Waals surface area contributed by atoms with Gasteiger partial charge in [0.15, 0.2) is 12.6 Å². The molecule has 1 saturated heterocycles. The molecule has 3 N–H and O–H groups in total. The lowest BCUT2D eigenvalue weighted by Gasteiger charge is -2.41. The van der Waals surface area contributed by atoms with E-state index < -0.39 is 61.3 Å². The lowest BCUT2D eigenvalue weighted by molar-refractivity contribution is -0.352. The number of carbonyl (C=O) groups excluding carboxylic acids is 1. The lowest BCUT2D eigenvalue weighted by Crippen LogP contribution is -2.59. The third kappa shape index (κ3) is 12.3. The van der Waals surface area contributed by atoms with Crippen LogP contribution in [0.25, 0.3) is 0 Å². The molecule has 11 nitrogen and oxygen atoms in total. The van der Waals surface area contributed by atoms with Crippen LogP contribution >= 0.6 is 0 Å². The molecule has 0 radical (unpaired) electrons. The van der Waals surface area contributed by atoms with Gasteiger partial charge in [-0.15, -0.1) is 0 Å². The molecule has 0 aromatic carbocycles. The highest BCUT2D eigenvalue weighted by molar-refractivity contribution is 5.70. The Labute approximate surface area is 267 Å². The smallest absolute Gasteiger partial charge is 0.309 e. The van der Waals surface area contributed by atoms with E-state index in [1.54, 1.807) is 12.2 Å². The molecule has 0 amide bonds. The Morgan fingerprint density at radius 3 is 2.33 bits per heavy atom. The van der Waals surface area contributed by atoms with Crippen LogP contribution in [0.1, 0.15) is 52.9 Å². The molecular formula is C34H52O11. The van der Waals surface area contributed by atoms with Gasteiger partial charge >= 0.3 is 5.97 Å². The zero-order chi connectivity index (χ0) is 33.4. The molecule has 0 saturated carbocycles. The first-order valence-corrected chi connectivity index (χ1v) is 15.3. The highest BCUT2D eigenvalue weighted by atomic mass is 17.1. The van der Waals surface area contributed by atoms with Gasteiger partial charge in [0.25, 0.3) is 0 Å². The maximum absolute atomic E-state index is 13.3. The number of aliphatic hydroxyl groups excluding tert-OH is 2. The van der Waals surface area contributed by atoms with E-state index in [0.29, 0.717) is 24.8 Å². The number of aliphatic hydroxyl groups is 2. The number of hydrogen-bond acceptors (Lipinski definition) is 11. The van der Waals surface area contributed by atoms with Gasteiger partial charge in [-0.25, -0.2) is 4.89 Å². The number of esters is 1. The fraction of sp³-hybridized carbons (Fsp3) is 0.618. The van der Waals surface area contributed by atoms with Crippen LogP contribution in [0.3, 0.4) is 0 Å². The van der Waals surface area contributed by atoms with Gasteiger partial charge in [0.05, 0.1) is 18.6 Å². The predicted molar refractivity (Wildman–Crippen MR) is 169 cm³/mol. The first kappa shape index (κ1) is 38.7. The van der Waals surface area contributed by atoms with E-state index in [2.05, 4.69) is 6.58 Å². The minimum absolute atomic E-state index is 0.0996. The Morgan fingerprint density at radius 1 is 1.02 bits per heavy atom. The summed E-state index contributed by atoms with van der Waals surface area (Å²) in [6, 6.07) is 0. The van der Waals surface area contributed by atoms with E-state index in [0.717, 1.165) is 12.0 Å². The van der Waals surface area contributed by atoms with Crippen LogP contribution < -0.4 is 0 Å². The van der Waals surface area contributed by atoms with E-state index in [4.69, 9.17) is 33.3 Å². The molecule has 45 heavy (non-hydrogen) atoms. The molecule has 2 aliphatic rings. The number of rotatable bonds is 9. The van der Waals surface area contributed by atoms with Crippen LogP contribution in [-0.2, 0) is 38.1 Å². The molecule has 0 spiro atoms. The third-order valence-electron chi connectivity index (χ3n) is 7.76. The van der Waals surface area contributed by atoms with Crippen molar-refractivity contribution in [3.63, 3.8) is 0 Å². The van der Waals surface area contributed by atoms with Crippen LogP contribution in [0.5, 0.6) is 0 Å². The van der Waals surface area contributed by atoms with E-state index in [1.165, 1.54) is 21.3 Å². The summed E-state index contributed by atoms with van der Waals surface area (Å²) in [4.78, 5) is 18.1. The van der Waals surface area contributed by atoms with E-state index in [-0.39, 0.29) is 12.3 Å². The van der Waals surface area contributed by atoms with Crippen molar-refractivity contribution in [3.05, 3.63) is 72.4 Å². The monoisotopic (exact) mass is 636 g/mol. The second-order valence-corrected chi connectivity index (χ2v) is 11.3. The summed E-state index contributed by atoms with van der Waals surface area (Å²) >= 11 is 0. The molecule has 0 aromatic heterocycles. The Kier molecular flexibility index (Phi) is 17.8. The molecule has 0 aliphatic carbocycles. The van der Waals surface area contributed by atoms with Crippen LogP contribution in [0, 0.1) is 5.92 Å². The number of carbonyl (C=O) groups is 1. The Balaban J connectivity index is 2.42. The molecule has 2 rings (SSSR count). The highest BCUT2D eigenvalue weighted by Gasteiger charge is 2.46. The zero-order valence-corrected chi connectivity index (χ0v) is 27.3. The fourth-order valence-electron chi connectivity index (χ4n) is 5.21. The largest absolute Gasteiger partial charge is 0.458 e. The molecular weight excluding hydrogens is 584 g/mol. The second-order valence-electron chi connectivity index (χ2n) is 11.3. The van der Waals surface area contributed by atoms with Crippen LogP contribution in [0.4, 0.5) is 0 Å². The van der Waals surface area contributed by atoms with Gasteiger partial charge in [0.2, 0.25) is 0 Å². The number of ether oxygens (including phenoxy) is 6. The normalized spacial score (nSPS) is 34.9. The molecule has 0 bridgehead atoms. The van der Waals surface area contributed by atoms with Gasteiger partial charge in [-0.2, -0.15) is 0 Å². The Hall–Kier alpha value is -2.45. The van der Waals surface area contributed by atoms with Crippen molar-refractivity contribution < 1.29 is 53.6 Å². The molecule has 2 heterocycles. The highest BCUT2D eigenvalue weighted by Crippen LogP contribution is 2.27. The maximum Gasteiger partial charge on any atom is 0.309 e. The number of hydrogen-bond donors (Lipinski definition) is 3. The van der Waals surface area contributed by atoms with Crippen molar-refractivity contribution in [1.29, 1.82) is 0 Å². The fourth-order valence-corrected chi connectivity index (χ4v) is 5.21. The van der Waals surface area contributed by atoms with E-state index in [1.807, 2.05) is 63.3 Å². The maximum atomic E-state index is 13.3. The van der Waals surface area contributed by atoms with Crippen molar-refractivity contribution in [1.82, 2.24) is 0 Å². The minimum Gasteiger partial charge on any atom is -0.458 e. The molecule has 11 heteroatoms. The number of methoxy groups -OCH3 is 3. The van der Waals surface area contributed by atoms with Gasteiger partial charge in [0.1, 0.15) is 30.5 Å². The summed E-state index contributed by atoms with van der Waals surface area (Å²) in [5.74, 6) is -0.626. The van der Waals surface area contributed by atoms with Gasteiger partial charge < -0.3 is 38.6 Å². The zero-order valence-electron chi connectivity index (χ0n) is 27.3. The van der Waals surface area contributed by atoms with E-state index in [9.17, 15) is 20.3 Å². The van der Waals surface area contributed by atoms with Crippen molar-refractivity contribution in [2.24, 2.45) is 5.92 Å². The summed E-state index contributed by atoms with van der Waals surface area (Å²) in [7, 11) is 4.23. The molecule has 0 aromatic rings. The summed E-state index contributed by atoms with van der Waals surface area (Å²) in [6.45, 7) is 10.0. The van der Waals surface area contributed by atoms with Gasteiger partial charge in [-0.05, 0) is 50.7 Å². The molecule has 254 valence electrons. The number of allylic oxidation sites excluding steroid dienone is 6. The summed E-state index contributed by atoms with van der Waals surface area (Å²) in [5.41, 5.74) is 1.60. The van der Waals surface area contributed by atoms with Gasteiger partial charge in [-0.3, -0.25) is 10.1 Å². The minimum atomic E-state index is -1.38. The third-order valence-corrected chi connectivity index (χ3v) is 7.76. The average Bonchev–Trinajstić information content (AvgIpc) is 3.01. The summed E-state index contributed by atoms with van der Waals surface area (Å²) in [6.07, 6.45) is 10.1. The SMILES string of the molecule is C=C1C(OC)CC=CC(OC2OC(OC)C(O)C(OC)C2O)CC(=O)OC(C=C(C)CC=CC)CC=CC=CCC(C)C1OO. The van der Waals surface area contributed by atoms with Gasteiger partial charge in [0, 0.05) is 27.8 Å². The number of cyclic esters (lactones) is 1. The standard InChI is InChI=1S/C34H52O11/c1-8-9-15-22(2)20-25-17-13-11-10-12-16-23(3)31(45-38)24(4)27(39-5)19-14-18-26(21-28(35)42-25)43-34-30(37)32(40-6)29(36)33(41-7)44-34/h8-14,18,20,23,25-27,29-34,36-38H,4,15-17,19,21H2,1-3,5-7H3.